The molecule has 7 nitrogen and oxygen atoms in total. The molecule has 142 valence electrons. The summed E-state index contributed by atoms with van der Waals surface area (Å²) in [7, 11) is 0. The molecular weight excluding hydrogens is 360 g/mol. The predicted molar refractivity (Wildman–Crippen MR) is 100 cm³/mol. The molecule has 1 atom stereocenters. The Morgan fingerprint density at radius 1 is 1.14 bits per heavy atom. The Labute approximate surface area is 160 Å². The van der Waals surface area contributed by atoms with Crippen molar-refractivity contribution in [3.05, 3.63) is 77.2 Å². The first-order chi connectivity index (χ1) is 13.5. The minimum Gasteiger partial charge on any atom is -0.476 e. The SMILES string of the molecule is CC(NC(=O)OCC1c2ccccc2-c2ccccc21)c1cc(C(=O)O)no1. The third-order valence-corrected chi connectivity index (χ3v) is 4.85. The summed E-state index contributed by atoms with van der Waals surface area (Å²) in [6, 6.07) is 16.9. The lowest BCUT2D eigenvalue weighted by atomic mass is 9.98. The van der Waals surface area contributed by atoms with Gasteiger partial charge in [-0.3, -0.25) is 0 Å². The van der Waals surface area contributed by atoms with E-state index in [0.717, 1.165) is 22.3 Å². The monoisotopic (exact) mass is 378 g/mol. The molecule has 2 N–H and O–H groups in total. The number of amides is 1. The second kappa shape index (κ2) is 7.19. The second-order valence-corrected chi connectivity index (χ2v) is 6.61. The average molecular weight is 378 g/mol. The van der Waals surface area contributed by atoms with Crippen LogP contribution in [0.1, 0.15) is 46.3 Å². The Hall–Kier alpha value is -3.61. The highest BCUT2D eigenvalue weighted by atomic mass is 16.5. The number of carboxylic acid groups (broad SMARTS) is 1. The first-order valence-electron chi connectivity index (χ1n) is 8.86. The molecule has 28 heavy (non-hydrogen) atoms. The Morgan fingerprint density at radius 2 is 1.75 bits per heavy atom. The first-order valence-corrected chi connectivity index (χ1v) is 8.86. The van der Waals surface area contributed by atoms with Gasteiger partial charge in [-0.15, -0.1) is 0 Å². The van der Waals surface area contributed by atoms with Crippen molar-refractivity contribution in [2.45, 2.75) is 18.9 Å². The molecule has 7 heteroatoms. The fourth-order valence-electron chi connectivity index (χ4n) is 3.48. The van der Waals surface area contributed by atoms with Crippen LogP contribution >= 0.6 is 0 Å². The molecule has 1 aliphatic carbocycles. The van der Waals surface area contributed by atoms with Crippen LogP contribution in [-0.2, 0) is 4.74 Å². The molecule has 0 fully saturated rings. The smallest absolute Gasteiger partial charge is 0.407 e. The first kappa shape index (κ1) is 17.8. The van der Waals surface area contributed by atoms with Crippen LogP contribution in [-0.4, -0.2) is 28.9 Å². The number of nitrogens with one attached hydrogen (secondary N) is 1. The minimum absolute atomic E-state index is 0.0302. The summed E-state index contributed by atoms with van der Waals surface area (Å²) >= 11 is 0. The van der Waals surface area contributed by atoms with Crippen LogP contribution in [0.25, 0.3) is 11.1 Å². The number of fused-ring (bicyclic) bond motifs is 3. The highest BCUT2D eigenvalue weighted by molar-refractivity contribution is 5.85. The fraction of sp³-hybridized carbons (Fsp3) is 0.190. The van der Waals surface area contributed by atoms with Crippen LogP contribution in [0.2, 0.25) is 0 Å². The van der Waals surface area contributed by atoms with Gasteiger partial charge in [0.25, 0.3) is 0 Å². The molecule has 1 amide bonds. The van der Waals surface area contributed by atoms with Gasteiger partial charge in [-0.2, -0.15) is 0 Å². The Bertz CT molecular complexity index is 997. The van der Waals surface area contributed by atoms with Crippen molar-refractivity contribution in [1.29, 1.82) is 0 Å². The van der Waals surface area contributed by atoms with Crippen molar-refractivity contribution in [3.63, 3.8) is 0 Å². The van der Waals surface area contributed by atoms with E-state index in [4.69, 9.17) is 14.4 Å². The predicted octanol–water partition coefficient (Wildman–Crippen LogP) is 3.97. The Kier molecular flexibility index (Phi) is 4.57. The second-order valence-electron chi connectivity index (χ2n) is 6.61. The summed E-state index contributed by atoms with van der Waals surface area (Å²) in [5, 5.41) is 15.0. The number of benzene rings is 2. The van der Waals surface area contributed by atoms with Gasteiger partial charge in [0.05, 0.1) is 6.04 Å². The summed E-state index contributed by atoms with van der Waals surface area (Å²) in [5.74, 6) is -0.980. The highest BCUT2D eigenvalue weighted by Gasteiger charge is 2.29. The molecule has 0 radical (unpaired) electrons. The van der Waals surface area contributed by atoms with Gasteiger partial charge in [-0.25, -0.2) is 9.59 Å². The summed E-state index contributed by atoms with van der Waals surface area (Å²) in [5.41, 5.74) is 4.36. The zero-order valence-corrected chi connectivity index (χ0v) is 15.1. The normalized spacial score (nSPS) is 13.5. The van der Waals surface area contributed by atoms with Gasteiger partial charge in [-0.05, 0) is 29.2 Å². The third-order valence-electron chi connectivity index (χ3n) is 4.85. The molecule has 1 aromatic heterocycles. The van der Waals surface area contributed by atoms with Crippen LogP contribution in [0.5, 0.6) is 0 Å². The van der Waals surface area contributed by atoms with Gasteiger partial charge >= 0.3 is 12.1 Å². The van der Waals surface area contributed by atoms with Crippen molar-refractivity contribution < 1.29 is 24.0 Å². The number of aromatic carboxylic acids is 1. The van der Waals surface area contributed by atoms with E-state index in [2.05, 4.69) is 22.6 Å². The standard InChI is InChI=1S/C21H18N2O5/c1-12(19-10-18(20(24)25)23-28-19)22-21(26)27-11-17-15-8-4-2-6-13(15)14-7-3-5-9-16(14)17/h2-10,12,17H,11H2,1H3,(H,22,26)(H,24,25). The number of hydrogen-bond acceptors (Lipinski definition) is 5. The third kappa shape index (κ3) is 3.22. The van der Waals surface area contributed by atoms with Gasteiger partial charge in [-0.1, -0.05) is 53.7 Å². The van der Waals surface area contributed by atoms with E-state index in [9.17, 15) is 9.59 Å². The van der Waals surface area contributed by atoms with E-state index in [-0.39, 0.29) is 24.0 Å². The zero-order chi connectivity index (χ0) is 19.7. The summed E-state index contributed by atoms with van der Waals surface area (Å²) in [6.07, 6.45) is -0.609. The lowest BCUT2D eigenvalue weighted by molar-refractivity contribution is 0.0685. The van der Waals surface area contributed by atoms with Gasteiger partial charge in [0.15, 0.2) is 11.5 Å². The van der Waals surface area contributed by atoms with Crippen LogP contribution in [0.3, 0.4) is 0 Å². The van der Waals surface area contributed by atoms with Crippen LogP contribution in [0, 0.1) is 0 Å². The molecule has 1 unspecified atom stereocenters. The van der Waals surface area contributed by atoms with E-state index in [1.165, 1.54) is 6.07 Å². The zero-order valence-electron chi connectivity index (χ0n) is 15.1. The largest absolute Gasteiger partial charge is 0.476 e. The molecule has 3 aromatic rings. The Morgan fingerprint density at radius 3 is 2.32 bits per heavy atom. The van der Waals surface area contributed by atoms with E-state index in [1.807, 2.05) is 36.4 Å². The van der Waals surface area contributed by atoms with Crippen molar-refractivity contribution >= 4 is 12.1 Å². The maximum Gasteiger partial charge on any atom is 0.407 e. The average Bonchev–Trinajstić information content (AvgIpc) is 3.30. The number of hydrogen-bond donors (Lipinski definition) is 2. The van der Waals surface area contributed by atoms with Gasteiger partial charge in [0.1, 0.15) is 6.61 Å². The number of carbonyl (C=O) groups is 2. The summed E-state index contributed by atoms with van der Waals surface area (Å²) in [4.78, 5) is 23.1. The van der Waals surface area contributed by atoms with Crippen LogP contribution in [0.4, 0.5) is 4.79 Å². The van der Waals surface area contributed by atoms with Crippen molar-refractivity contribution in [3.8, 4) is 11.1 Å². The van der Waals surface area contributed by atoms with E-state index >= 15 is 0 Å². The van der Waals surface area contributed by atoms with Crippen LogP contribution < -0.4 is 5.32 Å². The van der Waals surface area contributed by atoms with E-state index in [1.54, 1.807) is 6.92 Å². The number of aromatic nitrogens is 1. The molecule has 4 rings (SSSR count). The fourth-order valence-corrected chi connectivity index (χ4v) is 3.48. The molecule has 1 aliphatic rings. The van der Waals surface area contributed by atoms with Gasteiger partial charge in [0, 0.05) is 12.0 Å². The highest BCUT2D eigenvalue weighted by Crippen LogP contribution is 2.44. The maximum absolute atomic E-state index is 12.2. The molecule has 1 heterocycles. The number of rotatable bonds is 5. The van der Waals surface area contributed by atoms with Gasteiger partial charge in [0.2, 0.25) is 0 Å². The van der Waals surface area contributed by atoms with Gasteiger partial charge < -0.3 is 19.7 Å². The van der Waals surface area contributed by atoms with E-state index < -0.39 is 18.1 Å². The number of ether oxygens (including phenoxy) is 1. The molecule has 0 saturated carbocycles. The lowest BCUT2D eigenvalue weighted by Crippen LogP contribution is -2.28. The molecular formula is C21H18N2O5. The molecule has 0 bridgehead atoms. The quantitative estimate of drug-likeness (QED) is 0.696. The molecule has 0 spiro atoms. The lowest BCUT2D eigenvalue weighted by Gasteiger charge is -2.16. The van der Waals surface area contributed by atoms with Crippen LogP contribution in [0.15, 0.2) is 59.1 Å². The van der Waals surface area contributed by atoms with Crippen molar-refractivity contribution in [1.82, 2.24) is 10.5 Å². The number of carboxylic acids is 1. The van der Waals surface area contributed by atoms with Crippen molar-refractivity contribution in [2.24, 2.45) is 0 Å². The number of nitrogens with zero attached hydrogens (tertiary/aromatic N) is 1. The number of alkyl carbamates (subject to hydrolysis) is 1. The van der Waals surface area contributed by atoms with Crippen molar-refractivity contribution in [2.75, 3.05) is 6.61 Å². The molecule has 2 aromatic carbocycles. The number of carbonyl (C=O) groups excluding carboxylic acids is 1. The maximum atomic E-state index is 12.2. The molecule has 0 aliphatic heterocycles. The topological polar surface area (TPSA) is 102 Å². The minimum atomic E-state index is -1.19. The molecule has 0 saturated heterocycles. The Balaban J connectivity index is 1.43. The summed E-state index contributed by atoms with van der Waals surface area (Å²) < 4.78 is 10.4. The van der Waals surface area contributed by atoms with E-state index in [0.29, 0.717) is 0 Å². The summed E-state index contributed by atoms with van der Waals surface area (Å²) in [6.45, 7) is 1.86.